The summed E-state index contributed by atoms with van der Waals surface area (Å²) in [5, 5.41) is 13.6. The molecule has 0 spiro atoms. The van der Waals surface area contributed by atoms with Crippen LogP contribution in [0.25, 0.3) is 0 Å². The number of anilines is 1. The zero-order chi connectivity index (χ0) is 14.6. The van der Waals surface area contributed by atoms with Gasteiger partial charge in [0.15, 0.2) is 0 Å². The van der Waals surface area contributed by atoms with Gasteiger partial charge in [-0.15, -0.1) is 0 Å². The molecule has 0 bridgehead atoms. The standard InChI is InChI=1S/C11H17N3O4S/c1-9-8-10(4-5-11(9)14(15)16)12-6-7-19(17,18)13(2)3/h4-5,8,12H,6-7H2,1-3H3. The molecule has 1 aromatic carbocycles. The largest absolute Gasteiger partial charge is 0.384 e. The first-order valence-electron chi connectivity index (χ1n) is 5.63. The first-order valence-corrected chi connectivity index (χ1v) is 7.24. The highest BCUT2D eigenvalue weighted by Crippen LogP contribution is 2.21. The fraction of sp³-hybridized carbons (Fsp3) is 0.455. The SMILES string of the molecule is Cc1cc(NCCS(=O)(=O)N(C)C)ccc1[N+](=O)[O-]. The van der Waals surface area contributed by atoms with Crippen LogP contribution in [0.5, 0.6) is 0 Å². The van der Waals surface area contributed by atoms with Gasteiger partial charge < -0.3 is 5.32 Å². The van der Waals surface area contributed by atoms with Crippen LogP contribution in [0.1, 0.15) is 5.56 Å². The Hall–Kier alpha value is -1.67. The van der Waals surface area contributed by atoms with Crippen LogP contribution < -0.4 is 5.32 Å². The second kappa shape index (κ2) is 5.98. The van der Waals surface area contributed by atoms with Crippen LogP contribution in [0.15, 0.2) is 18.2 Å². The van der Waals surface area contributed by atoms with Gasteiger partial charge in [-0.3, -0.25) is 10.1 Å². The van der Waals surface area contributed by atoms with Gasteiger partial charge in [-0.2, -0.15) is 0 Å². The molecule has 1 aromatic rings. The number of benzene rings is 1. The van der Waals surface area contributed by atoms with Gasteiger partial charge in [0.05, 0.1) is 10.7 Å². The van der Waals surface area contributed by atoms with Crippen molar-refractivity contribution < 1.29 is 13.3 Å². The van der Waals surface area contributed by atoms with Crippen LogP contribution in [0.4, 0.5) is 11.4 Å². The van der Waals surface area contributed by atoms with Gasteiger partial charge in [0.2, 0.25) is 10.0 Å². The zero-order valence-corrected chi connectivity index (χ0v) is 11.9. The molecule has 106 valence electrons. The summed E-state index contributed by atoms with van der Waals surface area (Å²) in [4.78, 5) is 10.2. The van der Waals surface area contributed by atoms with E-state index in [1.807, 2.05) is 0 Å². The second-order valence-electron chi connectivity index (χ2n) is 4.28. The maximum atomic E-state index is 11.5. The van der Waals surface area contributed by atoms with Crippen molar-refractivity contribution in [3.8, 4) is 0 Å². The molecule has 19 heavy (non-hydrogen) atoms. The van der Waals surface area contributed by atoms with Crippen LogP contribution in [0.3, 0.4) is 0 Å². The molecule has 0 heterocycles. The summed E-state index contributed by atoms with van der Waals surface area (Å²) >= 11 is 0. The molecule has 7 nitrogen and oxygen atoms in total. The lowest BCUT2D eigenvalue weighted by Crippen LogP contribution is -2.28. The Morgan fingerprint density at radius 1 is 1.37 bits per heavy atom. The lowest BCUT2D eigenvalue weighted by atomic mass is 10.2. The minimum Gasteiger partial charge on any atom is -0.384 e. The maximum absolute atomic E-state index is 11.5. The zero-order valence-electron chi connectivity index (χ0n) is 11.1. The minimum atomic E-state index is -3.24. The van der Waals surface area contributed by atoms with E-state index in [9.17, 15) is 18.5 Å². The Morgan fingerprint density at radius 2 is 2.00 bits per heavy atom. The third-order valence-corrected chi connectivity index (χ3v) is 4.47. The highest BCUT2D eigenvalue weighted by atomic mass is 32.2. The number of nitro benzene ring substituents is 1. The van der Waals surface area contributed by atoms with Gasteiger partial charge in [-0.25, -0.2) is 12.7 Å². The van der Waals surface area contributed by atoms with Gasteiger partial charge in [0, 0.05) is 38.0 Å². The van der Waals surface area contributed by atoms with E-state index in [0.29, 0.717) is 11.3 Å². The maximum Gasteiger partial charge on any atom is 0.272 e. The predicted octanol–water partition coefficient (Wildman–Crippen LogP) is 1.21. The molecule has 0 aliphatic heterocycles. The molecule has 1 N–H and O–H groups in total. The van der Waals surface area contributed by atoms with Crippen molar-refractivity contribution >= 4 is 21.4 Å². The van der Waals surface area contributed by atoms with E-state index in [0.717, 1.165) is 4.31 Å². The number of nitro groups is 1. The van der Waals surface area contributed by atoms with Gasteiger partial charge in [0.25, 0.3) is 5.69 Å². The molecule has 0 aliphatic carbocycles. The summed E-state index contributed by atoms with van der Waals surface area (Å²) < 4.78 is 24.2. The highest BCUT2D eigenvalue weighted by molar-refractivity contribution is 7.89. The molecule has 0 atom stereocenters. The van der Waals surface area contributed by atoms with Crippen LogP contribution in [-0.4, -0.2) is 44.0 Å². The Labute approximate surface area is 112 Å². The lowest BCUT2D eigenvalue weighted by Gasteiger charge is -2.12. The predicted molar refractivity (Wildman–Crippen MR) is 73.8 cm³/mol. The fourth-order valence-corrected chi connectivity index (χ4v) is 2.20. The third-order valence-electron chi connectivity index (χ3n) is 2.64. The molecule has 8 heteroatoms. The van der Waals surface area contributed by atoms with Crippen molar-refractivity contribution in [2.45, 2.75) is 6.92 Å². The molecule has 0 saturated carbocycles. The van der Waals surface area contributed by atoms with E-state index in [1.54, 1.807) is 19.1 Å². The molecule has 1 rings (SSSR count). The topological polar surface area (TPSA) is 92.6 Å². The van der Waals surface area contributed by atoms with Crippen molar-refractivity contribution in [1.82, 2.24) is 4.31 Å². The average molecular weight is 287 g/mol. The van der Waals surface area contributed by atoms with E-state index in [2.05, 4.69) is 5.32 Å². The van der Waals surface area contributed by atoms with Crippen molar-refractivity contribution in [1.29, 1.82) is 0 Å². The summed E-state index contributed by atoms with van der Waals surface area (Å²) in [6, 6.07) is 4.59. The van der Waals surface area contributed by atoms with Crippen molar-refractivity contribution in [3.05, 3.63) is 33.9 Å². The molecule has 0 saturated heterocycles. The number of sulfonamides is 1. The molecule has 0 amide bonds. The Bertz CT molecular complexity index is 569. The highest BCUT2D eigenvalue weighted by Gasteiger charge is 2.13. The Balaban J connectivity index is 2.65. The average Bonchev–Trinajstić information content (AvgIpc) is 2.28. The summed E-state index contributed by atoms with van der Waals surface area (Å²) in [6.07, 6.45) is 0. The Morgan fingerprint density at radius 3 is 2.47 bits per heavy atom. The van der Waals surface area contributed by atoms with Crippen LogP contribution in [0.2, 0.25) is 0 Å². The van der Waals surface area contributed by atoms with E-state index in [1.165, 1.54) is 20.2 Å². The summed E-state index contributed by atoms with van der Waals surface area (Å²) in [5.41, 5.74) is 1.24. The number of rotatable bonds is 6. The first kappa shape index (κ1) is 15.4. The monoisotopic (exact) mass is 287 g/mol. The van der Waals surface area contributed by atoms with Crippen molar-refractivity contribution in [3.63, 3.8) is 0 Å². The molecule has 0 fully saturated rings. The first-order chi connectivity index (χ1) is 8.74. The summed E-state index contributed by atoms with van der Waals surface area (Å²) in [7, 11) is -0.282. The minimum absolute atomic E-state index is 0.0317. The molecule has 0 radical (unpaired) electrons. The van der Waals surface area contributed by atoms with E-state index in [4.69, 9.17) is 0 Å². The van der Waals surface area contributed by atoms with Crippen LogP contribution in [0, 0.1) is 17.0 Å². The summed E-state index contributed by atoms with van der Waals surface area (Å²) in [5.74, 6) is -0.0317. The van der Waals surface area contributed by atoms with Crippen LogP contribution >= 0.6 is 0 Å². The molecule has 0 aliphatic rings. The van der Waals surface area contributed by atoms with Crippen molar-refractivity contribution in [2.24, 2.45) is 0 Å². The van der Waals surface area contributed by atoms with Crippen molar-refractivity contribution in [2.75, 3.05) is 31.7 Å². The summed E-state index contributed by atoms with van der Waals surface area (Å²) in [6.45, 7) is 1.89. The number of aryl methyl sites for hydroxylation is 1. The molecule has 0 aromatic heterocycles. The van der Waals surface area contributed by atoms with Gasteiger partial charge in [-0.05, 0) is 19.1 Å². The quantitative estimate of drug-likeness (QED) is 0.627. The number of nitrogens with one attached hydrogen (secondary N) is 1. The van der Waals surface area contributed by atoms with Gasteiger partial charge in [-0.1, -0.05) is 0 Å². The second-order valence-corrected chi connectivity index (χ2v) is 6.59. The number of nitrogens with zero attached hydrogens (tertiary/aromatic N) is 2. The normalized spacial score (nSPS) is 11.6. The number of hydrogen-bond acceptors (Lipinski definition) is 5. The van der Waals surface area contributed by atoms with E-state index < -0.39 is 14.9 Å². The van der Waals surface area contributed by atoms with E-state index >= 15 is 0 Å². The molecular formula is C11H17N3O4S. The third kappa shape index (κ3) is 4.18. The smallest absolute Gasteiger partial charge is 0.272 e. The fourth-order valence-electron chi connectivity index (χ4n) is 1.48. The lowest BCUT2D eigenvalue weighted by molar-refractivity contribution is -0.385. The number of hydrogen-bond donors (Lipinski definition) is 1. The molecule has 0 unspecified atom stereocenters. The molecular weight excluding hydrogens is 270 g/mol. The van der Waals surface area contributed by atoms with E-state index in [-0.39, 0.29) is 18.0 Å². The Kier molecular flexibility index (Phi) is 4.84. The van der Waals surface area contributed by atoms with Crippen LogP contribution in [-0.2, 0) is 10.0 Å². The van der Waals surface area contributed by atoms with Gasteiger partial charge >= 0.3 is 0 Å². The van der Waals surface area contributed by atoms with Gasteiger partial charge in [0.1, 0.15) is 0 Å².